The number of nitrogens with zero attached hydrogens (tertiary/aromatic N) is 2. The molecule has 1 aromatic heterocycles. The molecule has 0 spiro atoms. The van der Waals surface area contributed by atoms with Gasteiger partial charge in [-0.1, -0.05) is 19.0 Å². The Balaban J connectivity index is 2.72. The fourth-order valence-corrected chi connectivity index (χ4v) is 1.54. The van der Waals surface area contributed by atoms with E-state index in [0.717, 1.165) is 18.7 Å². The lowest BCUT2D eigenvalue weighted by molar-refractivity contribution is 0.223. The molecule has 2 N–H and O–H groups in total. The van der Waals surface area contributed by atoms with Crippen molar-refractivity contribution in [2.24, 2.45) is 5.73 Å². The van der Waals surface area contributed by atoms with Gasteiger partial charge in [0.25, 0.3) is 0 Å². The molecule has 0 saturated heterocycles. The van der Waals surface area contributed by atoms with E-state index in [4.69, 9.17) is 10.3 Å². The van der Waals surface area contributed by atoms with Crippen LogP contribution in [0, 0.1) is 0 Å². The molecule has 4 heteroatoms. The molecule has 1 unspecified atom stereocenters. The predicted molar refractivity (Wildman–Crippen MR) is 51.2 cm³/mol. The second-order valence-corrected chi connectivity index (χ2v) is 2.93. The standard InChI is InChI=1S/C9H17N3O/c1-3-12(4-2)9(5-10)8-6-11-13-7-8/h6-7,9H,3-5,10H2,1-2H3. The summed E-state index contributed by atoms with van der Waals surface area (Å²) in [4.78, 5) is 2.28. The van der Waals surface area contributed by atoms with Crippen molar-refractivity contribution >= 4 is 0 Å². The van der Waals surface area contributed by atoms with Crippen LogP contribution in [-0.2, 0) is 0 Å². The average Bonchev–Trinajstić information content (AvgIpc) is 2.66. The first-order chi connectivity index (χ1) is 6.33. The fraction of sp³-hybridized carbons (Fsp3) is 0.667. The van der Waals surface area contributed by atoms with E-state index in [0.29, 0.717) is 6.54 Å². The summed E-state index contributed by atoms with van der Waals surface area (Å²) in [7, 11) is 0. The van der Waals surface area contributed by atoms with Crippen molar-refractivity contribution in [1.29, 1.82) is 0 Å². The van der Waals surface area contributed by atoms with Crippen molar-refractivity contribution < 1.29 is 4.52 Å². The van der Waals surface area contributed by atoms with E-state index in [9.17, 15) is 0 Å². The minimum atomic E-state index is 0.237. The highest BCUT2D eigenvalue weighted by atomic mass is 16.5. The fourth-order valence-electron chi connectivity index (χ4n) is 1.54. The van der Waals surface area contributed by atoms with E-state index < -0.39 is 0 Å². The number of aromatic nitrogens is 1. The maximum Gasteiger partial charge on any atom is 0.128 e. The molecule has 1 aromatic rings. The maximum absolute atomic E-state index is 5.70. The van der Waals surface area contributed by atoms with Crippen molar-refractivity contribution in [2.75, 3.05) is 19.6 Å². The van der Waals surface area contributed by atoms with Crippen molar-refractivity contribution in [1.82, 2.24) is 10.1 Å². The Morgan fingerprint density at radius 3 is 2.62 bits per heavy atom. The zero-order valence-electron chi connectivity index (χ0n) is 8.23. The molecule has 4 nitrogen and oxygen atoms in total. The lowest BCUT2D eigenvalue weighted by Crippen LogP contribution is -2.33. The van der Waals surface area contributed by atoms with Gasteiger partial charge in [-0.2, -0.15) is 0 Å². The molecule has 1 heterocycles. The minimum Gasteiger partial charge on any atom is -0.364 e. The Labute approximate surface area is 78.7 Å². The second-order valence-electron chi connectivity index (χ2n) is 2.93. The van der Waals surface area contributed by atoms with E-state index in [1.165, 1.54) is 0 Å². The van der Waals surface area contributed by atoms with Gasteiger partial charge in [-0.05, 0) is 13.1 Å². The van der Waals surface area contributed by atoms with Gasteiger partial charge in [-0.25, -0.2) is 0 Å². The van der Waals surface area contributed by atoms with Crippen LogP contribution < -0.4 is 5.73 Å². The SMILES string of the molecule is CCN(CC)C(CN)c1cnoc1. The van der Waals surface area contributed by atoms with Crippen molar-refractivity contribution in [3.8, 4) is 0 Å². The van der Waals surface area contributed by atoms with Gasteiger partial charge in [0, 0.05) is 12.1 Å². The van der Waals surface area contributed by atoms with Crippen LogP contribution in [0.2, 0.25) is 0 Å². The third kappa shape index (κ3) is 2.29. The number of rotatable bonds is 5. The largest absolute Gasteiger partial charge is 0.364 e. The number of likely N-dealkylation sites (N-methyl/N-ethyl adjacent to an activating group) is 1. The van der Waals surface area contributed by atoms with E-state index in [1.807, 2.05) is 0 Å². The summed E-state index contributed by atoms with van der Waals surface area (Å²) in [6.45, 7) is 6.83. The zero-order chi connectivity index (χ0) is 9.68. The van der Waals surface area contributed by atoms with Gasteiger partial charge < -0.3 is 10.3 Å². The lowest BCUT2D eigenvalue weighted by Gasteiger charge is -2.27. The van der Waals surface area contributed by atoms with Crippen LogP contribution in [0.25, 0.3) is 0 Å². The molecule has 0 amide bonds. The molecule has 0 aliphatic carbocycles. The quantitative estimate of drug-likeness (QED) is 0.740. The Kier molecular flexibility index (Phi) is 3.92. The summed E-state index contributed by atoms with van der Waals surface area (Å²) in [5, 5.41) is 3.68. The normalized spacial score (nSPS) is 13.5. The Morgan fingerprint density at radius 2 is 2.23 bits per heavy atom. The van der Waals surface area contributed by atoms with E-state index in [-0.39, 0.29) is 6.04 Å². The highest BCUT2D eigenvalue weighted by molar-refractivity contribution is 5.08. The van der Waals surface area contributed by atoms with Crippen LogP contribution in [0.1, 0.15) is 25.5 Å². The van der Waals surface area contributed by atoms with Crippen LogP contribution in [0.15, 0.2) is 17.0 Å². The van der Waals surface area contributed by atoms with E-state index >= 15 is 0 Å². The van der Waals surface area contributed by atoms with Gasteiger partial charge >= 0.3 is 0 Å². The van der Waals surface area contributed by atoms with Crippen LogP contribution >= 0.6 is 0 Å². The molecule has 1 atom stereocenters. The van der Waals surface area contributed by atoms with E-state index in [1.54, 1.807) is 12.5 Å². The monoisotopic (exact) mass is 183 g/mol. The highest BCUT2D eigenvalue weighted by Gasteiger charge is 2.17. The summed E-state index contributed by atoms with van der Waals surface area (Å²) in [6, 6.07) is 0.237. The van der Waals surface area contributed by atoms with Crippen LogP contribution in [0.5, 0.6) is 0 Å². The highest BCUT2D eigenvalue weighted by Crippen LogP contribution is 2.17. The maximum atomic E-state index is 5.70. The second kappa shape index (κ2) is 4.99. The molecule has 0 aliphatic rings. The Morgan fingerprint density at radius 1 is 1.54 bits per heavy atom. The van der Waals surface area contributed by atoms with Crippen molar-refractivity contribution in [3.05, 3.63) is 18.0 Å². The van der Waals surface area contributed by atoms with Gasteiger partial charge in [0.05, 0.1) is 12.2 Å². The van der Waals surface area contributed by atoms with Gasteiger partial charge in [-0.15, -0.1) is 0 Å². The molecule has 0 aromatic carbocycles. The molecule has 0 saturated carbocycles. The summed E-state index contributed by atoms with van der Waals surface area (Å²) in [6.07, 6.45) is 3.39. The summed E-state index contributed by atoms with van der Waals surface area (Å²) in [5.74, 6) is 0. The van der Waals surface area contributed by atoms with Crippen molar-refractivity contribution in [3.63, 3.8) is 0 Å². The molecule has 0 bridgehead atoms. The van der Waals surface area contributed by atoms with Crippen LogP contribution in [-0.4, -0.2) is 29.7 Å². The molecule has 0 fully saturated rings. The molecule has 0 radical (unpaired) electrons. The topological polar surface area (TPSA) is 55.3 Å². The number of hydrogen-bond donors (Lipinski definition) is 1. The van der Waals surface area contributed by atoms with Gasteiger partial charge in [0.15, 0.2) is 0 Å². The molecule has 74 valence electrons. The Hall–Kier alpha value is -0.870. The summed E-state index contributed by atoms with van der Waals surface area (Å²) < 4.78 is 4.80. The predicted octanol–water partition coefficient (Wildman–Crippen LogP) is 1.02. The first-order valence-corrected chi connectivity index (χ1v) is 4.66. The summed E-state index contributed by atoms with van der Waals surface area (Å²) >= 11 is 0. The Bertz CT molecular complexity index is 219. The van der Waals surface area contributed by atoms with Gasteiger partial charge in [0.2, 0.25) is 0 Å². The molecule has 1 rings (SSSR count). The smallest absolute Gasteiger partial charge is 0.128 e. The number of hydrogen-bond acceptors (Lipinski definition) is 4. The third-order valence-corrected chi connectivity index (χ3v) is 2.31. The molecule has 0 aliphatic heterocycles. The first kappa shape index (κ1) is 10.2. The molecule has 13 heavy (non-hydrogen) atoms. The minimum absolute atomic E-state index is 0.237. The number of nitrogens with two attached hydrogens (primary N) is 1. The average molecular weight is 183 g/mol. The van der Waals surface area contributed by atoms with Crippen LogP contribution in [0.3, 0.4) is 0 Å². The summed E-state index contributed by atoms with van der Waals surface area (Å²) in [5.41, 5.74) is 6.77. The lowest BCUT2D eigenvalue weighted by atomic mass is 10.1. The van der Waals surface area contributed by atoms with Gasteiger partial charge in [-0.3, -0.25) is 4.90 Å². The van der Waals surface area contributed by atoms with Gasteiger partial charge in [0.1, 0.15) is 6.26 Å². The van der Waals surface area contributed by atoms with Crippen LogP contribution in [0.4, 0.5) is 0 Å². The first-order valence-electron chi connectivity index (χ1n) is 4.66. The zero-order valence-corrected chi connectivity index (χ0v) is 8.23. The van der Waals surface area contributed by atoms with E-state index in [2.05, 4.69) is 23.9 Å². The third-order valence-electron chi connectivity index (χ3n) is 2.31. The molecular formula is C9H17N3O. The van der Waals surface area contributed by atoms with Crippen molar-refractivity contribution in [2.45, 2.75) is 19.9 Å². The molecular weight excluding hydrogens is 166 g/mol.